The van der Waals surface area contributed by atoms with Gasteiger partial charge in [0.05, 0.1) is 30.4 Å². The molecule has 11 heteroatoms. The largest absolute Gasteiger partial charge is 0.478 e. The highest BCUT2D eigenvalue weighted by atomic mass is 16.5. The lowest BCUT2D eigenvalue weighted by molar-refractivity contribution is 0.0303. The first-order valence-electron chi connectivity index (χ1n) is 12.6. The van der Waals surface area contributed by atoms with Crippen LogP contribution in [0.15, 0.2) is 54.7 Å². The van der Waals surface area contributed by atoms with Crippen molar-refractivity contribution in [2.75, 3.05) is 31.6 Å². The summed E-state index contributed by atoms with van der Waals surface area (Å²) in [6.45, 7) is 9.79. The number of nitrogens with one attached hydrogen (secondary N) is 1. The molecular formula is C28H32N4O7. The number of benzene rings is 1. The Morgan fingerprint density at radius 2 is 1.59 bits per heavy atom. The van der Waals surface area contributed by atoms with E-state index in [1.54, 1.807) is 29.2 Å². The summed E-state index contributed by atoms with van der Waals surface area (Å²) in [7, 11) is 0. The average Bonchev–Trinajstić information content (AvgIpc) is 2.94. The zero-order valence-corrected chi connectivity index (χ0v) is 22.3. The molecule has 1 saturated heterocycles. The number of morpholine rings is 1. The molecule has 3 aromatic rings. The summed E-state index contributed by atoms with van der Waals surface area (Å²) in [5.41, 5.74) is 0.729. The number of nitrogens with zero attached hydrogens (tertiary/aromatic N) is 3. The number of carbonyl (C=O) groups excluding carboxylic acids is 2. The summed E-state index contributed by atoms with van der Waals surface area (Å²) in [6, 6.07) is 12.3. The molecule has 0 unspecified atom stereocenters. The van der Waals surface area contributed by atoms with Crippen molar-refractivity contribution in [3.8, 4) is 17.5 Å². The number of aromatic nitrogens is 2. The van der Waals surface area contributed by atoms with Crippen LogP contribution in [0.25, 0.3) is 0 Å². The first-order chi connectivity index (χ1) is 18.8. The van der Waals surface area contributed by atoms with Gasteiger partial charge >= 0.3 is 5.97 Å². The fourth-order valence-corrected chi connectivity index (χ4v) is 3.48. The van der Waals surface area contributed by atoms with Gasteiger partial charge in [-0.2, -0.15) is 4.98 Å². The van der Waals surface area contributed by atoms with E-state index in [0.29, 0.717) is 37.6 Å². The molecule has 2 N–H and O–H groups in total. The molecule has 39 heavy (non-hydrogen) atoms. The molecule has 1 aliphatic heterocycles. The number of carboxylic acids is 1. The van der Waals surface area contributed by atoms with E-state index < -0.39 is 11.9 Å². The average molecular weight is 537 g/mol. The smallest absolute Gasteiger partial charge is 0.337 e. The van der Waals surface area contributed by atoms with Gasteiger partial charge in [-0.1, -0.05) is 13.8 Å². The zero-order chi connectivity index (χ0) is 28.4. The van der Waals surface area contributed by atoms with Crippen LogP contribution in [0.4, 0.5) is 5.82 Å². The van der Waals surface area contributed by atoms with Gasteiger partial charge in [0.2, 0.25) is 11.8 Å². The van der Waals surface area contributed by atoms with Gasteiger partial charge in [0.25, 0.3) is 11.8 Å². The van der Waals surface area contributed by atoms with Crippen LogP contribution < -0.4 is 14.8 Å². The molecule has 0 bridgehead atoms. The number of hydrogen-bond acceptors (Lipinski definition) is 8. The standard InChI is InChI=1S/C26H26N4O7.C2H6/c1-16(2)36-22-13-19(24(31)28-21-8-5-18(15-27-21)26(33)34)14-23(29-22)37-20-6-3-17(4-7-20)25(32)30-9-11-35-12-10-30;1-2/h3-8,13-16H,9-12H2,1-2H3,(H,33,34)(H,27,28,31);1-2H3. The molecule has 1 aromatic carbocycles. The lowest BCUT2D eigenvalue weighted by Crippen LogP contribution is -2.40. The Bertz CT molecular complexity index is 1270. The van der Waals surface area contributed by atoms with Crippen molar-refractivity contribution >= 4 is 23.6 Å². The Hall–Kier alpha value is -4.51. The van der Waals surface area contributed by atoms with Crippen molar-refractivity contribution in [3.05, 3.63) is 71.4 Å². The van der Waals surface area contributed by atoms with Gasteiger partial charge in [0.15, 0.2) is 0 Å². The normalized spacial score (nSPS) is 12.7. The molecule has 2 amide bonds. The van der Waals surface area contributed by atoms with Crippen LogP contribution in [-0.4, -0.2) is 70.2 Å². The number of carbonyl (C=O) groups is 3. The molecular weight excluding hydrogens is 504 g/mol. The van der Waals surface area contributed by atoms with E-state index in [1.165, 1.54) is 24.3 Å². The minimum absolute atomic E-state index is 0.00267. The molecule has 2 aromatic heterocycles. The molecule has 206 valence electrons. The van der Waals surface area contributed by atoms with E-state index in [0.717, 1.165) is 6.20 Å². The van der Waals surface area contributed by atoms with Gasteiger partial charge in [-0.05, 0) is 50.2 Å². The lowest BCUT2D eigenvalue weighted by atomic mass is 10.2. The number of rotatable bonds is 8. The number of amides is 2. The van der Waals surface area contributed by atoms with E-state index in [9.17, 15) is 14.4 Å². The number of aromatic carboxylic acids is 1. The van der Waals surface area contributed by atoms with E-state index >= 15 is 0 Å². The van der Waals surface area contributed by atoms with Crippen LogP contribution in [0.5, 0.6) is 17.5 Å². The Balaban J connectivity index is 0.00000205. The van der Waals surface area contributed by atoms with Crippen LogP contribution >= 0.6 is 0 Å². The van der Waals surface area contributed by atoms with Crippen molar-refractivity contribution in [1.29, 1.82) is 0 Å². The van der Waals surface area contributed by atoms with Crippen molar-refractivity contribution in [3.63, 3.8) is 0 Å². The molecule has 0 saturated carbocycles. The number of ether oxygens (including phenoxy) is 3. The summed E-state index contributed by atoms with van der Waals surface area (Å²) in [5.74, 6) is -0.802. The first-order valence-corrected chi connectivity index (χ1v) is 12.6. The summed E-state index contributed by atoms with van der Waals surface area (Å²) in [6.07, 6.45) is 0.953. The minimum Gasteiger partial charge on any atom is -0.478 e. The zero-order valence-electron chi connectivity index (χ0n) is 22.3. The maximum atomic E-state index is 12.9. The molecule has 4 rings (SSSR count). The molecule has 0 radical (unpaired) electrons. The maximum Gasteiger partial charge on any atom is 0.337 e. The van der Waals surface area contributed by atoms with Crippen molar-refractivity contribution in [2.24, 2.45) is 0 Å². The van der Waals surface area contributed by atoms with Crippen LogP contribution in [0.2, 0.25) is 0 Å². The fourth-order valence-electron chi connectivity index (χ4n) is 3.48. The quantitative estimate of drug-likeness (QED) is 0.426. The second-order valence-corrected chi connectivity index (χ2v) is 8.42. The van der Waals surface area contributed by atoms with Crippen LogP contribution in [0.1, 0.15) is 58.8 Å². The number of anilines is 1. The molecule has 1 aliphatic rings. The van der Waals surface area contributed by atoms with Crippen molar-refractivity contribution in [1.82, 2.24) is 14.9 Å². The molecule has 1 fully saturated rings. The third-order valence-electron chi connectivity index (χ3n) is 5.27. The predicted octanol–water partition coefficient (Wildman–Crippen LogP) is 4.51. The van der Waals surface area contributed by atoms with E-state index in [4.69, 9.17) is 19.3 Å². The molecule has 11 nitrogen and oxygen atoms in total. The third kappa shape index (κ3) is 8.24. The van der Waals surface area contributed by atoms with Gasteiger partial charge in [0, 0.05) is 37.0 Å². The monoisotopic (exact) mass is 536 g/mol. The maximum absolute atomic E-state index is 12.9. The summed E-state index contributed by atoms with van der Waals surface area (Å²) in [5, 5.41) is 11.6. The first kappa shape index (κ1) is 29.1. The Morgan fingerprint density at radius 1 is 0.949 bits per heavy atom. The van der Waals surface area contributed by atoms with Crippen molar-refractivity contribution in [2.45, 2.75) is 33.8 Å². The summed E-state index contributed by atoms with van der Waals surface area (Å²) in [4.78, 5) is 46.6. The summed E-state index contributed by atoms with van der Waals surface area (Å²) < 4.78 is 16.8. The number of pyridine rings is 2. The number of hydrogen-bond donors (Lipinski definition) is 2. The van der Waals surface area contributed by atoms with Gasteiger partial charge in [0.1, 0.15) is 11.6 Å². The Morgan fingerprint density at radius 3 is 2.18 bits per heavy atom. The fraction of sp³-hybridized carbons (Fsp3) is 0.321. The third-order valence-corrected chi connectivity index (χ3v) is 5.27. The topological polar surface area (TPSA) is 140 Å². The lowest BCUT2D eigenvalue weighted by Gasteiger charge is -2.26. The SMILES string of the molecule is CC.CC(C)Oc1cc(C(=O)Nc2ccc(C(=O)O)cn2)cc(Oc2ccc(C(=O)N3CCOCC3)cc2)n1. The molecule has 0 spiro atoms. The predicted molar refractivity (Wildman–Crippen MR) is 144 cm³/mol. The summed E-state index contributed by atoms with van der Waals surface area (Å²) >= 11 is 0. The van der Waals surface area contributed by atoms with Crippen LogP contribution in [0.3, 0.4) is 0 Å². The van der Waals surface area contributed by atoms with Gasteiger partial charge in [-0.15, -0.1) is 0 Å². The van der Waals surface area contributed by atoms with Crippen LogP contribution in [-0.2, 0) is 4.74 Å². The second-order valence-electron chi connectivity index (χ2n) is 8.42. The van der Waals surface area contributed by atoms with Gasteiger partial charge < -0.3 is 29.5 Å². The molecule has 3 heterocycles. The number of carboxylic acid groups (broad SMARTS) is 1. The van der Waals surface area contributed by atoms with E-state index in [-0.39, 0.29) is 40.7 Å². The molecule has 0 aliphatic carbocycles. The minimum atomic E-state index is -1.12. The second kappa shape index (κ2) is 13.9. The molecule has 0 atom stereocenters. The highest BCUT2D eigenvalue weighted by Crippen LogP contribution is 2.25. The Kier molecular flexibility index (Phi) is 10.3. The highest BCUT2D eigenvalue weighted by Gasteiger charge is 2.19. The van der Waals surface area contributed by atoms with E-state index in [1.807, 2.05) is 27.7 Å². The van der Waals surface area contributed by atoms with Crippen molar-refractivity contribution < 1.29 is 33.7 Å². The van der Waals surface area contributed by atoms with Crippen LogP contribution in [0, 0.1) is 0 Å². The van der Waals surface area contributed by atoms with Gasteiger partial charge in [-0.25, -0.2) is 9.78 Å². The van der Waals surface area contributed by atoms with Gasteiger partial charge in [-0.3, -0.25) is 9.59 Å². The highest BCUT2D eigenvalue weighted by molar-refractivity contribution is 6.04. The van der Waals surface area contributed by atoms with E-state index in [2.05, 4.69) is 15.3 Å². The Labute approximate surface area is 226 Å².